The minimum atomic E-state index is -0.384. The van der Waals surface area contributed by atoms with Gasteiger partial charge < -0.3 is 9.64 Å². The number of rotatable bonds is 7. The highest BCUT2D eigenvalue weighted by Crippen LogP contribution is 2.26. The lowest BCUT2D eigenvalue weighted by molar-refractivity contribution is 0.0495. The van der Waals surface area contributed by atoms with Crippen molar-refractivity contribution in [3.63, 3.8) is 0 Å². The minimum absolute atomic E-state index is 0.384. The maximum absolute atomic E-state index is 9.47. The van der Waals surface area contributed by atoms with E-state index in [0.29, 0.717) is 12.1 Å². The lowest BCUT2D eigenvalue weighted by atomic mass is 9.93. The highest BCUT2D eigenvalue weighted by Gasteiger charge is 2.34. The molecule has 0 aromatic carbocycles. The molecule has 1 saturated heterocycles. The molecule has 2 rings (SSSR count). The fourth-order valence-electron chi connectivity index (χ4n) is 3.08. The topological polar surface area (TPSA) is 48.3 Å². The average molecular weight is 279 g/mol. The van der Waals surface area contributed by atoms with Crippen LogP contribution in [0, 0.1) is 17.2 Å². The molecule has 20 heavy (non-hydrogen) atoms. The van der Waals surface area contributed by atoms with Crippen molar-refractivity contribution in [2.24, 2.45) is 5.92 Å². The largest absolute Gasteiger partial charge is 0.381 e. The fourth-order valence-corrected chi connectivity index (χ4v) is 3.08. The third-order valence-corrected chi connectivity index (χ3v) is 4.69. The van der Waals surface area contributed by atoms with E-state index in [9.17, 15) is 5.26 Å². The molecule has 1 saturated carbocycles. The van der Waals surface area contributed by atoms with Crippen molar-refractivity contribution in [3.8, 4) is 6.07 Å². The Hall–Kier alpha value is -0.630. The molecule has 0 amide bonds. The van der Waals surface area contributed by atoms with Crippen LogP contribution >= 0.6 is 0 Å². The Morgan fingerprint density at radius 1 is 1.35 bits per heavy atom. The number of hydrogen-bond acceptors (Lipinski definition) is 4. The molecule has 0 radical (unpaired) electrons. The van der Waals surface area contributed by atoms with Gasteiger partial charge in [0.1, 0.15) is 5.54 Å². The second-order valence-corrected chi connectivity index (χ2v) is 6.91. The Morgan fingerprint density at radius 2 is 2.00 bits per heavy atom. The van der Waals surface area contributed by atoms with Gasteiger partial charge in [-0.2, -0.15) is 5.26 Å². The number of nitriles is 1. The van der Waals surface area contributed by atoms with Crippen LogP contribution in [0.3, 0.4) is 0 Å². The van der Waals surface area contributed by atoms with Crippen LogP contribution in [0.4, 0.5) is 0 Å². The predicted octanol–water partition coefficient (Wildman–Crippen LogP) is 2.16. The zero-order chi connectivity index (χ0) is 14.6. The highest BCUT2D eigenvalue weighted by molar-refractivity contribution is 5.08. The van der Waals surface area contributed by atoms with Gasteiger partial charge in [0.15, 0.2) is 0 Å². The van der Waals surface area contributed by atoms with E-state index >= 15 is 0 Å². The van der Waals surface area contributed by atoms with E-state index < -0.39 is 0 Å². The van der Waals surface area contributed by atoms with Gasteiger partial charge in [-0.3, -0.25) is 5.32 Å². The van der Waals surface area contributed by atoms with Crippen LogP contribution in [0.1, 0.15) is 46.0 Å². The van der Waals surface area contributed by atoms with Crippen LogP contribution in [-0.2, 0) is 4.74 Å². The first kappa shape index (κ1) is 15.8. The zero-order valence-corrected chi connectivity index (χ0v) is 13.2. The molecular formula is C16H29N3O. The fraction of sp³-hybridized carbons (Fsp3) is 0.938. The van der Waals surface area contributed by atoms with Gasteiger partial charge in [-0.05, 0) is 58.9 Å². The van der Waals surface area contributed by atoms with Crippen LogP contribution in [0.2, 0.25) is 0 Å². The van der Waals surface area contributed by atoms with Crippen molar-refractivity contribution in [1.29, 1.82) is 5.26 Å². The molecule has 2 aliphatic rings. The SMILES string of the molecule is CC(CC(C)(C#N)NC1CC1)N(C)CC1CCOCC1. The number of nitrogens with one attached hydrogen (secondary N) is 1. The van der Waals surface area contributed by atoms with Crippen LogP contribution < -0.4 is 5.32 Å². The summed E-state index contributed by atoms with van der Waals surface area (Å²) in [5, 5.41) is 13.0. The lowest BCUT2D eigenvalue weighted by Crippen LogP contribution is -2.48. The summed E-state index contributed by atoms with van der Waals surface area (Å²) in [6.07, 6.45) is 5.69. The summed E-state index contributed by atoms with van der Waals surface area (Å²) in [6.45, 7) is 7.22. The molecule has 0 spiro atoms. The first-order chi connectivity index (χ1) is 9.52. The van der Waals surface area contributed by atoms with E-state index in [1.807, 2.05) is 6.92 Å². The van der Waals surface area contributed by atoms with E-state index in [-0.39, 0.29) is 5.54 Å². The van der Waals surface area contributed by atoms with Crippen LogP contribution in [-0.4, -0.2) is 49.3 Å². The Morgan fingerprint density at radius 3 is 2.55 bits per heavy atom. The van der Waals surface area contributed by atoms with Gasteiger partial charge in [-0.15, -0.1) is 0 Å². The number of nitrogens with zero attached hydrogens (tertiary/aromatic N) is 2. The van der Waals surface area contributed by atoms with E-state index in [0.717, 1.165) is 32.1 Å². The molecule has 2 unspecified atom stereocenters. The van der Waals surface area contributed by atoms with Crippen molar-refractivity contribution >= 4 is 0 Å². The molecule has 4 nitrogen and oxygen atoms in total. The molecule has 2 fully saturated rings. The van der Waals surface area contributed by atoms with Crippen molar-refractivity contribution in [2.75, 3.05) is 26.8 Å². The second kappa shape index (κ2) is 6.89. The summed E-state index contributed by atoms with van der Waals surface area (Å²) in [5.41, 5.74) is -0.384. The second-order valence-electron chi connectivity index (χ2n) is 6.91. The number of hydrogen-bond donors (Lipinski definition) is 1. The van der Waals surface area contributed by atoms with E-state index in [1.165, 1.54) is 25.7 Å². The van der Waals surface area contributed by atoms with Gasteiger partial charge in [0.05, 0.1) is 6.07 Å². The lowest BCUT2D eigenvalue weighted by Gasteiger charge is -2.34. The monoisotopic (exact) mass is 279 g/mol. The van der Waals surface area contributed by atoms with Crippen LogP contribution in [0.5, 0.6) is 0 Å². The molecule has 0 bridgehead atoms. The Labute approximate surface area is 123 Å². The Kier molecular flexibility index (Phi) is 5.42. The molecule has 1 aliphatic carbocycles. The summed E-state index contributed by atoms with van der Waals surface area (Å²) in [6, 6.07) is 3.48. The molecule has 0 aromatic heterocycles. The summed E-state index contributed by atoms with van der Waals surface area (Å²) in [5.74, 6) is 0.751. The maximum atomic E-state index is 9.47. The summed E-state index contributed by atoms with van der Waals surface area (Å²) < 4.78 is 5.42. The minimum Gasteiger partial charge on any atom is -0.381 e. The van der Waals surface area contributed by atoms with E-state index in [2.05, 4.69) is 30.3 Å². The van der Waals surface area contributed by atoms with Gasteiger partial charge in [-0.25, -0.2) is 0 Å². The normalized spacial score (nSPS) is 25.1. The van der Waals surface area contributed by atoms with Crippen molar-refractivity contribution in [3.05, 3.63) is 0 Å². The van der Waals surface area contributed by atoms with E-state index in [1.54, 1.807) is 0 Å². The zero-order valence-electron chi connectivity index (χ0n) is 13.2. The summed E-state index contributed by atoms with van der Waals surface area (Å²) in [7, 11) is 2.19. The smallest absolute Gasteiger partial charge is 0.105 e. The third-order valence-electron chi connectivity index (χ3n) is 4.69. The summed E-state index contributed by atoms with van der Waals surface area (Å²) in [4.78, 5) is 2.42. The van der Waals surface area contributed by atoms with Crippen LogP contribution in [0.15, 0.2) is 0 Å². The van der Waals surface area contributed by atoms with Gasteiger partial charge in [0, 0.05) is 31.8 Å². The molecule has 4 heteroatoms. The Bertz CT molecular complexity index is 344. The maximum Gasteiger partial charge on any atom is 0.105 e. The van der Waals surface area contributed by atoms with Crippen LogP contribution in [0.25, 0.3) is 0 Å². The molecule has 1 N–H and O–H groups in total. The van der Waals surface area contributed by atoms with Gasteiger partial charge >= 0.3 is 0 Å². The first-order valence-electron chi connectivity index (χ1n) is 7.99. The molecule has 0 aromatic rings. The molecule has 114 valence electrons. The highest BCUT2D eigenvalue weighted by atomic mass is 16.5. The summed E-state index contributed by atoms with van der Waals surface area (Å²) >= 11 is 0. The quantitative estimate of drug-likeness (QED) is 0.776. The Balaban J connectivity index is 1.79. The molecule has 1 heterocycles. The van der Waals surface area contributed by atoms with Crippen molar-refractivity contribution in [2.45, 2.75) is 63.6 Å². The van der Waals surface area contributed by atoms with Crippen molar-refractivity contribution in [1.82, 2.24) is 10.2 Å². The van der Waals surface area contributed by atoms with Gasteiger partial charge in [0.2, 0.25) is 0 Å². The standard InChI is InChI=1S/C16H29N3O/c1-13(10-16(2,12-17)18-15-4-5-15)19(3)11-14-6-8-20-9-7-14/h13-15,18H,4-11H2,1-3H3. The third kappa shape index (κ3) is 4.73. The van der Waals surface area contributed by atoms with E-state index in [4.69, 9.17) is 4.74 Å². The average Bonchev–Trinajstić information content (AvgIpc) is 3.23. The molecular weight excluding hydrogens is 250 g/mol. The van der Waals surface area contributed by atoms with Crippen molar-refractivity contribution < 1.29 is 4.74 Å². The first-order valence-corrected chi connectivity index (χ1v) is 7.99. The molecule has 2 atom stereocenters. The van der Waals surface area contributed by atoms with Gasteiger partial charge in [-0.1, -0.05) is 0 Å². The van der Waals surface area contributed by atoms with Gasteiger partial charge in [0.25, 0.3) is 0 Å². The number of ether oxygens (including phenoxy) is 1. The molecule has 1 aliphatic heterocycles. The predicted molar refractivity (Wildman–Crippen MR) is 80.4 cm³/mol.